The second kappa shape index (κ2) is 5.65. The van der Waals surface area contributed by atoms with E-state index in [2.05, 4.69) is 10.1 Å². The smallest absolute Gasteiger partial charge is 0.345 e. The van der Waals surface area contributed by atoms with Crippen LogP contribution in [0.5, 0.6) is 0 Å². The Morgan fingerprint density at radius 3 is 2.77 bits per heavy atom. The van der Waals surface area contributed by atoms with E-state index in [0.29, 0.717) is 16.4 Å². The van der Waals surface area contributed by atoms with Crippen molar-refractivity contribution in [2.24, 2.45) is 0 Å². The van der Waals surface area contributed by atoms with Gasteiger partial charge < -0.3 is 4.74 Å². The second-order valence-corrected chi connectivity index (χ2v) is 5.00. The topological polar surface area (TPSA) is 76.5 Å². The van der Waals surface area contributed by atoms with Gasteiger partial charge in [-0.3, -0.25) is 9.89 Å². The Hall–Kier alpha value is -2.60. The number of hydrogen-bond acceptors (Lipinski definition) is 4. The summed E-state index contributed by atoms with van der Waals surface area (Å²) in [4.78, 5) is 28.1. The van der Waals surface area contributed by atoms with Crippen molar-refractivity contribution >= 4 is 23.2 Å². The quantitative estimate of drug-likeness (QED) is 0.753. The van der Waals surface area contributed by atoms with E-state index >= 15 is 0 Å². The number of rotatable bonds is 3. The van der Waals surface area contributed by atoms with Crippen molar-refractivity contribution in [2.75, 3.05) is 6.61 Å². The van der Waals surface area contributed by atoms with E-state index in [4.69, 9.17) is 16.3 Å². The van der Waals surface area contributed by atoms with Gasteiger partial charge in [0.1, 0.15) is 5.56 Å². The lowest BCUT2D eigenvalue weighted by Crippen LogP contribution is -2.24. The van der Waals surface area contributed by atoms with E-state index in [1.807, 2.05) is 12.1 Å². The summed E-state index contributed by atoms with van der Waals surface area (Å²) in [5.41, 5.74) is 1.37. The van der Waals surface area contributed by atoms with Crippen LogP contribution in [0.1, 0.15) is 17.3 Å². The fraction of sp³-hybridized carbons (Fsp3) is 0.133. The van der Waals surface area contributed by atoms with Crippen molar-refractivity contribution < 1.29 is 9.53 Å². The summed E-state index contributed by atoms with van der Waals surface area (Å²) in [7, 11) is 0. The van der Waals surface area contributed by atoms with Crippen LogP contribution in [0.4, 0.5) is 0 Å². The average molecular weight is 318 g/mol. The van der Waals surface area contributed by atoms with Crippen molar-refractivity contribution in [2.45, 2.75) is 6.92 Å². The lowest BCUT2D eigenvalue weighted by Gasteiger charge is -2.00. The maximum atomic E-state index is 12.3. The van der Waals surface area contributed by atoms with Crippen molar-refractivity contribution in [3.8, 4) is 11.3 Å². The van der Waals surface area contributed by atoms with Gasteiger partial charge in [-0.2, -0.15) is 0 Å². The fourth-order valence-corrected chi connectivity index (χ4v) is 2.21. The lowest BCUT2D eigenvalue weighted by molar-refractivity contribution is 0.0523. The number of H-pyrrole nitrogens is 1. The molecule has 0 saturated heterocycles. The second-order valence-electron chi connectivity index (χ2n) is 4.57. The van der Waals surface area contributed by atoms with Crippen LogP contribution in [0.25, 0.3) is 16.9 Å². The van der Waals surface area contributed by atoms with Crippen LogP contribution in [0, 0.1) is 0 Å². The molecule has 7 heteroatoms. The summed E-state index contributed by atoms with van der Waals surface area (Å²) < 4.78 is 6.06. The molecule has 0 aliphatic heterocycles. The number of benzene rings is 1. The van der Waals surface area contributed by atoms with Gasteiger partial charge in [-0.25, -0.2) is 14.3 Å². The van der Waals surface area contributed by atoms with Gasteiger partial charge in [-0.05, 0) is 24.6 Å². The van der Waals surface area contributed by atoms with Crippen LogP contribution in [0.15, 0.2) is 41.3 Å². The number of esters is 1. The SMILES string of the molecule is CCOC(=O)c1cnc2cc(-c3ccc(Cl)cc3)[nH]n2c1=O. The summed E-state index contributed by atoms with van der Waals surface area (Å²) in [6.45, 7) is 1.87. The van der Waals surface area contributed by atoms with Gasteiger partial charge in [0, 0.05) is 17.3 Å². The largest absolute Gasteiger partial charge is 0.462 e. The van der Waals surface area contributed by atoms with Crippen LogP contribution >= 0.6 is 11.6 Å². The molecule has 0 spiro atoms. The molecule has 0 atom stereocenters. The Kier molecular flexibility index (Phi) is 3.68. The van der Waals surface area contributed by atoms with Gasteiger partial charge in [-0.15, -0.1) is 0 Å². The zero-order valence-electron chi connectivity index (χ0n) is 11.7. The predicted molar refractivity (Wildman–Crippen MR) is 82.2 cm³/mol. The number of aromatic nitrogens is 3. The normalized spacial score (nSPS) is 10.8. The van der Waals surface area contributed by atoms with Crippen LogP contribution in [-0.2, 0) is 4.74 Å². The number of carbonyl (C=O) groups excluding carboxylic acids is 1. The Labute approximate surface area is 130 Å². The number of nitrogens with zero attached hydrogens (tertiary/aromatic N) is 2. The van der Waals surface area contributed by atoms with Crippen LogP contribution in [0.3, 0.4) is 0 Å². The number of nitrogens with one attached hydrogen (secondary N) is 1. The summed E-state index contributed by atoms with van der Waals surface area (Å²) >= 11 is 5.86. The Morgan fingerprint density at radius 2 is 2.09 bits per heavy atom. The van der Waals surface area contributed by atoms with E-state index in [9.17, 15) is 9.59 Å². The molecule has 3 aromatic rings. The molecule has 6 nitrogen and oxygen atoms in total. The van der Waals surface area contributed by atoms with Gasteiger partial charge in [0.25, 0.3) is 5.56 Å². The lowest BCUT2D eigenvalue weighted by atomic mass is 10.2. The molecule has 0 radical (unpaired) electrons. The van der Waals surface area contributed by atoms with Gasteiger partial charge in [0.15, 0.2) is 5.65 Å². The maximum Gasteiger partial charge on any atom is 0.345 e. The third-order valence-electron chi connectivity index (χ3n) is 3.14. The third kappa shape index (κ3) is 2.48. The molecule has 0 aliphatic carbocycles. The fourth-order valence-electron chi connectivity index (χ4n) is 2.09. The van der Waals surface area contributed by atoms with E-state index in [1.54, 1.807) is 25.1 Å². The summed E-state index contributed by atoms with van der Waals surface area (Å²) in [6, 6.07) is 8.87. The van der Waals surface area contributed by atoms with E-state index in [1.165, 1.54) is 10.7 Å². The molecule has 0 saturated carbocycles. The molecule has 1 N–H and O–H groups in total. The molecule has 2 aromatic heterocycles. The van der Waals surface area contributed by atoms with E-state index in [0.717, 1.165) is 5.56 Å². The van der Waals surface area contributed by atoms with Crippen LogP contribution in [-0.4, -0.2) is 27.2 Å². The molecule has 0 aliphatic rings. The Bertz CT molecular complexity index is 897. The van der Waals surface area contributed by atoms with Crippen LogP contribution < -0.4 is 5.56 Å². The molecule has 0 unspecified atom stereocenters. The first-order valence-corrected chi connectivity index (χ1v) is 7.02. The molecule has 2 heterocycles. The van der Waals surface area contributed by atoms with Gasteiger partial charge in [0.05, 0.1) is 12.3 Å². The number of halogens is 1. The highest BCUT2D eigenvalue weighted by atomic mass is 35.5. The van der Waals surface area contributed by atoms with E-state index < -0.39 is 11.5 Å². The number of carbonyl (C=O) groups is 1. The molecule has 0 fully saturated rings. The number of ether oxygens (including phenoxy) is 1. The highest BCUT2D eigenvalue weighted by Gasteiger charge is 2.16. The Balaban J connectivity index is 2.10. The summed E-state index contributed by atoms with van der Waals surface area (Å²) in [6.07, 6.45) is 1.23. The van der Waals surface area contributed by atoms with Gasteiger partial charge in [0.2, 0.25) is 0 Å². The highest BCUT2D eigenvalue weighted by molar-refractivity contribution is 6.30. The van der Waals surface area contributed by atoms with Gasteiger partial charge in [-0.1, -0.05) is 23.7 Å². The Morgan fingerprint density at radius 1 is 1.36 bits per heavy atom. The molecule has 112 valence electrons. The number of fused-ring (bicyclic) bond motifs is 1. The first kappa shape index (κ1) is 14.3. The minimum Gasteiger partial charge on any atom is -0.462 e. The first-order chi connectivity index (χ1) is 10.6. The zero-order chi connectivity index (χ0) is 15.7. The molecule has 1 aromatic carbocycles. The highest BCUT2D eigenvalue weighted by Crippen LogP contribution is 2.20. The van der Waals surface area contributed by atoms with Crippen molar-refractivity contribution in [1.29, 1.82) is 0 Å². The molecule has 0 bridgehead atoms. The molecular formula is C15H12ClN3O3. The summed E-state index contributed by atoms with van der Waals surface area (Å²) in [5, 5.41) is 3.55. The monoisotopic (exact) mass is 317 g/mol. The minimum atomic E-state index is -0.683. The number of hydrogen-bond donors (Lipinski definition) is 1. The standard InChI is InChI=1S/C15H12ClN3O3/c1-2-22-15(21)11-8-17-13-7-12(18-19(13)14(11)20)9-3-5-10(16)6-4-9/h3-8,18H,2H2,1H3. The van der Waals surface area contributed by atoms with Crippen molar-refractivity contribution in [3.63, 3.8) is 0 Å². The molecule has 3 rings (SSSR count). The summed E-state index contributed by atoms with van der Waals surface area (Å²) in [5.74, 6) is -0.683. The van der Waals surface area contributed by atoms with Crippen LogP contribution in [0.2, 0.25) is 5.02 Å². The van der Waals surface area contributed by atoms with Crippen molar-refractivity contribution in [1.82, 2.24) is 14.6 Å². The molecule has 22 heavy (non-hydrogen) atoms. The van der Waals surface area contributed by atoms with E-state index in [-0.39, 0.29) is 12.2 Å². The third-order valence-corrected chi connectivity index (χ3v) is 3.40. The number of aromatic amines is 1. The van der Waals surface area contributed by atoms with Crippen molar-refractivity contribution in [3.05, 3.63) is 57.5 Å². The average Bonchev–Trinajstić information content (AvgIpc) is 2.93. The molecular weight excluding hydrogens is 306 g/mol. The first-order valence-electron chi connectivity index (χ1n) is 6.64. The predicted octanol–water partition coefficient (Wildman–Crippen LogP) is 2.52. The minimum absolute atomic E-state index is 0.108. The van der Waals surface area contributed by atoms with Gasteiger partial charge >= 0.3 is 5.97 Å². The molecule has 0 amide bonds. The maximum absolute atomic E-state index is 12.3. The zero-order valence-corrected chi connectivity index (χ0v) is 12.4.